The second kappa shape index (κ2) is 7.73. The molecule has 6 heteroatoms. The molecule has 0 bridgehead atoms. The van der Waals surface area contributed by atoms with E-state index in [0.717, 1.165) is 0 Å². The van der Waals surface area contributed by atoms with Gasteiger partial charge in [-0.2, -0.15) is 0 Å². The van der Waals surface area contributed by atoms with Gasteiger partial charge in [-0.25, -0.2) is 0 Å². The second-order valence-electron chi connectivity index (χ2n) is 5.35. The smallest absolute Gasteiger partial charge is 0.255 e. The Labute approximate surface area is 150 Å². The van der Waals surface area contributed by atoms with Gasteiger partial charge in [0.1, 0.15) is 0 Å². The molecule has 2 amide bonds. The van der Waals surface area contributed by atoms with Crippen molar-refractivity contribution in [3.8, 4) is 11.8 Å². The first-order valence-corrected chi connectivity index (χ1v) is 7.70. The number of aromatic nitrogens is 2. The molecule has 0 atom stereocenters. The van der Waals surface area contributed by atoms with E-state index in [1.165, 1.54) is 6.20 Å². The Kier molecular flexibility index (Phi) is 5.01. The molecule has 126 valence electrons. The summed E-state index contributed by atoms with van der Waals surface area (Å²) < 4.78 is 0. The quantitative estimate of drug-likeness (QED) is 0.713. The van der Waals surface area contributed by atoms with E-state index >= 15 is 0 Å². The Bertz CT molecular complexity index is 1020. The van der Waals surface area contributed by atoms with Crippen LogP contribution in [0.1, 0.15) is 31.8 Å². The molecule has 0 radical (unpaired) electrons. The van der Waals surface area contributed by atoms with Gasteiger partial charge in [0.15, 0.2) is 0 Å². The monoisotopic (exact) mass is 342 g/mol. The van der Waals surface area contributed by atoms with Crippen molar-refractivity contribution in [3.63, 3.8) is 0 Å². The SMILES string of the molecule is NC(=O)c1cncc(C#Cc2cccc(NC(=O)c3ccncc3)c2)c1. The Hall–Kier alpha value is -3.98. The number of carbonyl (C=O) groups excluding carboxylic acids is 2. The largest absolute Gasteiger partial charge is 0.366 e. The van der Waals surface area contributed by atoms with Crippen LogP contribution in [0.25, 0.3) is 0 Å². The minimum atomic E-state index is -0.554. The highest BCUT2D eigenvalue weighted by Gasteiger charge is 2.05. The van der Waals surface area contributed by atoms with Crippen molar-refractivity contribution in [1.29, 1.82) is 0 Å². The van der Waals surface area contributed by atoms with Gasteiger partial charge < -0.3 is 11.1 Å². The van der Waals surface area contributed by atoms with Crippen LogP contribution in [-0.2, 0) is 0 Å². The van der Waals surface area contributed by atoms with E-state index in [9.17, 15) is 9.59 Å². The predicted octanol–water partition coefficient (Wildman–Crippen LogP) is 2.23. The number of benzene rings is 1. The number of primary amides is 1. The number of carbonyl (C=O) groups is 2. The van der Waals surface area contributed by atoms with E-state index < -0.39 is 5.91 Å². The fraction of sp³-hybridized carbons (Fsp3) is 0. The van der Waals surface area contributed by atoms with Gasteiger partial charge in [-0.05, 0) is 36.4 Å². The molecule has 0 aliphatic rings. The average molecular weight is 342 g/mol. The van der Waals surface area contributed by atoms with Crippen LogP contribution in [0, 0.1) is 11.8 Å². The van der Waals surface area contributed by atoms with Gasteiger partial charge in [-0.3, -0.25) is 19.6 Å². The van der Waals surface area contributed by atoms with Crippen LogP contribution in [0.3, 0.4) is 0 Å². The predicted molar refractivity (Wildman–Crippen MR) is 97.4 cm³/mol. The Morgan fingerprint density at radius 1 is 0.885 bits per heavy atom. The summed E-state index contributed by atoms with van der Waals surface area (Å²) in [4.78, 5) is 31.2. The Balaban J connectivity index is 1.77. The van der Waals surface area contributed by atoms with E-state index in [-0.39, 0.29) is 5.91 Å². The number of nitrogens with one attached hydrogen (secondary N) is 1. The summed E-state index contributed by atoms with van der Waals surface area (Å²) in [6, 6.07) is 12.0. The lowest BCUT2D eigenvalue weighted by molar-refractivity contribution is 0.0997. The van der Waals surface area contributed by atoms with Crippen LogP contribution in [0.4, 0.5) is 5.69 Å². The summed E-state index contributed by atoms with van der Waals surface area (Å²) in [6.45, 7) is 0. The molecule has 0 aliphatic heterocycles. The molecule has 0 fully saturated rings. The fourth-order valence-corrected chi connectivity index (χ4v) is 2.17. The van der Waals surface area contributed by atoms with E-state index in [1.54, 1.807) is 55.0 Å². The maximum Gasteiger partial charge on any atom is 0.255 e. The molecule has 1 aromatic carbocycles. The molecule has 0 aliphatic carbocycles. The van der Waals surface area contributed by atoms with Crippen LogP contribution in [0.15, 0.2) is 67.3 Å². The second-order valence-corrected chi connectivity index (χ2v) is 5.35. The number of pyridine rings is 2. The van der Waals surface area contributed by atoms with E-state index in [2.05, 4.69) is 27.1 Å². The number of hydrogen-bond acceptors (Lipinski definition) is 4. The summed E-state index contributed by atoms with van der Waals surface area (Å²) in [5, 5.41) is 2.81. The van der Waals surface area contributed by atoms with Crippen molar-refractivity contribution >= 4 is 17.5 Å². The first kappa shape index (κ1) is 16.9. The van der Waals surface area contributed by atoms with Gasteiger partial charge in [-0.15, -0.1) is 0 Å². The van der Waals surface area contributed by atoms with Gasteiger partial charge in [0, 0.05) is 47.2 Å². The van der Waals surface area contributed by atoms with Crippen molar-refractivity contribution in [2.75, 3.05) is 5.32 Å². The normalized spacial score (nSPS) is 9.69. The molecular formula is C20H14N4O2. The molecule has 3 aromatic rings. The molecule has 0 unspecified atom stereocenters. The Morgan fingerprint density at radius 3 is 2.42 bits per heavy atom. The van der Waals surface area contributed by atoms with Gasteiger partial charge in [0.25, 0.3) is 5.91 Å². The first-order valence-electron chi connectivity index (χ1n) is 7.70. The summed E-state index contributed by atoms with van der Waals surface area (Å²) >= 11 is 0. The van der Waals surface area contributed by atoms with Gasteiger partial charge >= 0.3 is 0 Å². The molecule has 6 nitrogen and oxygen atoms in total. The zero-order valence-electron chi connectivity index (χ0n) is 13.6. The first-order chi connectivity index (χ1) is 12.6. The number of rotatable bonds is 3. The third kappa shape index (κ3) is 4.30. The van der Waals surface area contributed by atoms with Crippen LogP contribution in [-0.4, -0.2) is 21.8 Å². The molecule has 2 heterocycles. The fourth-order valence-electron chi connectivity index (χ4n) is 2.17. The summed E-state index contributed by atoms with van der Waals surface area (Å²) in [5.74, 6) is 5.12. The number of nitrogens with zero attached hydrogens (tertiary/aromatic N) is 2. The summed E-state index contributed by atoms with van der Waals surface area (Å²) in [7, 11) is 0. The van der Waals surface area contributed by atoms with Crippen LogP contribution >= 0.6 is 0 Å². The zero-order valence-corrected chi connectivity index (χ0v) is 13.6. The zero-order chi connectivity index (χ0) is 18.4. The van der Waals surface area contributed by atoms with Crippen LogP contribution in [0.2, 0.25) is 0 Å². The highest BCUT2D eigenvalue weighted by molar-refractivity contribution is 6.04. The number of amides is 2. The number of anilines is 1. The summed E-state index contributed by atoms with van der Waals surface area (Å²) in [6.07, 6.45) is 6.06. The molecule has 2 aromatic heterocycles. The number of nitrogens with two attached hydrogens (primary N) is 1. The minimum Gasteiger partial charge on any atom is -0.366 e. The molecule has 26 heavy (non-hydrogen) atoms. The van der Waals surface area contributed by atoms with Gasteiger partial charge in [0.05, 0.1) is 5.56 Å². The van der Waals surface area contributed by atoms with Crippen molar-refractivity contribution in [2.24, 2.45) is 5.73 Å². The third-order valence-corrected chi connectivity index (χ3v) is 3.44. The molecule has 0 spiro atoms. The van der Waals surface area contributed by atoms with Gasteiger partial charge in [0.2, 0.25) is 5.91 Å². The minimum absolute atomic E-state index is 0.226. The lowest BCUT2D eigenvalue weighted by atomic mass is 10.1. The lowest BCUT2D eigenvalue weighted by Crippen LogP contribution is -2.11. The average Bonchev–Trinajstić information content (AvgIpc) is 2.67. The molecule has 0 saturated carbocycles. The van der Waals surface area contributed by atoms with Crippen LogP contribution in [0.5, 0.6) is 0 Å². The van der Waals surface area contributed by atoms with E-state index in [1.807, 2.05) is 6.07 Å². The highest BCUT2D eigenvalue weighted by atomic mass is 16.2. The van der Waals surface area contributed by atoms with E-state index in [4.69, 9.17) is 5.73 Å². The van der Waals surface area contributed by atoms with Crippen LogP contribution < -0.4 is 11.1 Å². The van der Waals surface area contributed by atoms with Crippen molar-refractivity contribution in [1.82, 2.24) is 9.97 Å². The maximum absolute atomic E-state index is 12.2. The standard InChI is InChI=1S/C20H14N4O2/c21-19(25)17-10-15(12-23-13-17)5-4-14-2-1-3-18(11-14)24-20(26)16-6-8-22-9-7-16/h1-3,6-13H,(H2,21,25)(H,24,26). The topological polar surface area (TPSA) is 98.0 Å². The molecule has 3 rings (SSSR count). The molecule has 3 N–H and O–H groups in total. The summed E-state index contributed by atoms with van der Waals surface area (Å²) in [5.41, 5.74) is 7.97. The lowest BCUT2D eigenvalue weighted by Gasteiger charge is -2.05. The third-order valence-electron chi connectivity index (χ3n) is 3.44. The Morgan fingerprint density at radius 2 is 1.65 bits per heavy atom. The van der Waals surface area contributed by atoms with Crippen molar-refractivity contribution in [2.45, 2.75) is 0 Å². The molecule has 0 saturated heterocycles. The highest BCUT2D eigenvalue weighted by Crippen LogP contribution is 2.12. The van der Waals surface area contributed by atoms with Gasteiger partial charge in [-0.1, -0.05) is 17.9 Å². The maximum atomic E-state index is 12.2. The van der Waals surface area contributed by atoms with Crippen molar-refractivity contribution < 1.29 is 9.59 Å². The van der Waals surface area contributed by atoms with Crippen molar-refractivity contribution in [3.05, 3.63) is 89.5 Å². The molecular weight excluding hydrogens is 328 g/mol. The van der Waals surface area contributed by atoms with E-state index in [0.29, 0.717) is 27.9 Å². The number of hydrogen-bond donors (Lipinski definition) is 2.